The highest BCUT2D eigenvalue weighted by Crippen LogP contribution is 2.28. The van der Waals surface area contributed by atoms with Crippen molar-refractivity contribution in [2.75, 3.05) is 13.2 Å². The van der Waals surface area contributed by atoms with Crippen LogP contribution in [0.4, 0.5) is 0 Å². The maximum atomic E-state index is 11.7. The first-order chi connectivity index (χ1) is 10.6. The van der Waals surface area contributed by atoms with E-state index in [2.05, 4.69) is 15.0 Å². The highest BCUT2D eigenvalue weighted by atomic mass is 16.3. The number of H-pyrrole nitrogens is 2. The van der Waals surface area contributed by atoms with Gasteiger partial charge >= 0.3 is 0 Å². The third-order valence-electron chi connectivity index (χ3n) is 4.27. The normalized spacial score (nSPS) is 29.5. The van der Waals surface area contributed by atoms with Crippen LogP contribution in [0.25, 0.3) is 11.0 Å². The minimum absolute atomic E-state index is 0.223. The Balaban J connectivity index is 1.96. The number of hydrogen-bond acceptors (Lipinski definition) is 7. The van der Waals surface area contributed by atoms with Crippen molar-refractivity contribution < 1.29 is 20.4 Å². The number of aliphatic hydroxyl groups is 4. The number of likely N-dealkylation sites (tertiary alicyclic amines) is 1. The summed E-state index contributed by atoms with van der Waals surface area (Å²) in [5, 5.41) is 38.9. The molecule has 0 radical (unpaired) electrons. The molecule has 0 unspecified atom stereocenters. The lowest BCUT2D eigenvalue weighted by molar-refractivity contribution is 0.0130. The molecule has 1 aliphatic rings. The zero-order valence-corrected chi connectivity index (χ0v) is 11.7. The Kier molecular flexibility index (Phi) is 3.98. The largest absolute Gasteiger partial charge is 0.395 e. The molecule has 3 heterocycles. The van der Waals surface area contributed by atoms with Gasteiger partial charge in [0.1, 0.15) is 5.52 Å². The summed E-state index contributed by atoms with van der Waals surface area (Å²) in [5.41, 5.74) is 1.20. The molecular formula is C13H18N4O5. The summed E-state index contributed by atoms with van der Waals surface area (Å²) < 4.78 is 0. The van der Waals surface area contributed by atoms with Gasteiger partial charge in [0.2, 0.25) is 0 Å². The third kappa shape index (κ3) is 2.23. The Morgan fingerprint density at radius 1 is 1.14 bits per heavy atom. The molecule has 0 aliphatic carbocycles. The zero-order valence-electron chi connectivity index (χ0n) is 11.7. The van der Waals surface area contributed by atoms with Gasteiger partial charge in [-0.3, -0.25) is 9.69 Å². The lowest BCUT2D eigenvalue weighted by Gasteiger charge is -2.28. The quantitative estimate of drug-likeness (QED) is 0.366. The van der Waals surface area contributed by atoms with E-state index in [1.165, 1.54) is 6.33 Å². The van der Waals surface area contributed by atoms with Crippen molar-refractivity contribution in [3.05, 3.63) is 28.4 Å². The van der Waals surface area contributed by atoms with Crippen LogP contribution < -0.4 is 5.56 Å². The zero-order chi connectivity index (χ0) is 15.9. The van der Waals surface area contributed by atoms with Gasteiger partial charge in [-0.25, -0.2) is 4.98 Å². The average Bonchev–Trinajstić information content (AvgIpc) is 3.01. The SMILES string of the molecule is O=c1[nH]cnc2c(CN3[C@@H](CO)[C@@H](O)[C@H](O)[C@@H]3CO)c[nH]c12. The fraction of sp³-hybridized carbons (Fsp3) is 0.538. The minimum Gasteiger partial charge on any atom is -0.395 e. The van der Waals surface area contributed by atoms with Crippen molar-refractivity contribution in [1.29, 1.82) is 0 Å². The Morgan fingerprint density at radius 2 is 1.77 bits per heavy atom. The van der Waals surface area contributed by atoms with E-state index < -0.39 is 24.3 Å². The predicted molar refractivity (Wildman–Crippen MR) is 76.0 cm³/mol. The van der Waals surface area contributed by atoms with E-state index in [9.17, 15) is 25.2 Å². The molecule has 120 valence electrons. The van der Waals surface area contributed by atoms with Crippen molar-refractivity contribution in [2.24, 2.45) is 0 Å². The van der Waals surface area contributed by atoms with Gasteiger partial charge in [-0.1, -0.05) is 0 Å². The van der Waals surface area contributed by atoms with Crippen molar-refractivity contribution >= 4 is 11.0 Å². The number of aromatic nitrogens is 3. The highest BCUT2D eigenvalue weighted by molar-refractivity contribution is 5.77. The van der Waals surface area contributed by atoms with Gasteiger partial charge in [0.05, 0.1) is 49.3 Å². The first-order valence-corrected chi connectivity index (χ1v) is 6.95. The summed E-state index contributed by atoms with van der Waals surface area (Å²) in [6.45, 7) is -0.489. The monoisotopic (exact) mass is 310 g/mol. The van der Waals surface area contributed by atoms with E-state index in [0.29, 0.717) is 16.6 Å². The van der Waals surface area contributed by atoms with Crippen LogP contribution in [0.5, 0.6) is 0 Å². The molecule has 1 aliphatic heterocycles. The van der Waals surface area contributed by atoms with Crippen molar-refractivity contribution in [3.63, 3.8) is 0 Å². The van der Waals surface area contributed by atoms with Crippen LogP contribution >= 0.6 is 0 Å². The number of rotatable bonds is 4. The van der Waals surface area contributed by atoms with Crippen LogP contribution in [0.2, 0.25) is 0 Å². The molecule has 2 aromatic rings. The molecular weight excluding hydrogens is 292 g/mol. The molecule has 6 N–H and O–H groups in total. The van der Waals surface area contributed by atoms with Crippen LogP contribution in [-0.4, -0.2) is 77.8 Å². The molecule has 0 bridgehead atoms. The lowest BCUT2D eigenvalue weighted by atomic mass is 10.1. The molecule has 0 spiro atoms. The van der Waals surface area contributed by atoms with Crippen molar-refractivity contribution in [3.8, 4) is 0 Å². The number of hydrogen-bond donors (Lipinski definition) is 6. The molecule has 9 heteroatoms. The summed E-state index contributed by atoms with van der Waals surface area (Å²) >= 11 is 0. The van der Waals surface area contributed by atoms with Gasteiger partial charge in [0.25, 0.3) is 5.56 Å². The number of nitrogens with zero attached hydrogens (tertiary/aromatic N) is 2. The van der Waals surface area contributed by atoms with Crippen LogP contribution in [0.1, 0.15) is 5.56 Å². The third-order valence-corrected chi connectivity index (χ3v) is 4.27. The van der Waals surface area contributed by atoms with Crippen molar-refractivity contribution in [2.45, 2.75) is 30.8 Å². The second-order valence-corrected chi connectivity index (χ2v) is 5.42. The summed E-state index contributed by atoms with van der Waals surface area (Å²) in [6, 6.07) is -1.39. The molecule has 0 aromatic carbocycles. The smallest absolute Gasteiger partial charge is 0.275 e. The van der Waals surface area contributed by atoms with Crippen LogP contribution in [0.15, 0.2) is 17.3 Å². The van der Waals surface area contributed by atoms with Gasteiger partial charge in [0, 0.05) is 18.3 Å². The molecule has 9 nitrogen and oxygen atoms in total. The van der Waals surface area contributed by atoms with Crippen molar-refractivity contribution in [1.82, 2.24) is 19.9 Å². The molecule has 0 amide bonds. The Bertz CT molecular complexity index is 698. The van der Waals surface area contributed by atoms with Crippen LogP contribution in [-0.2, 0) is 6.54 Å². The first kappa shape index (κ1) is 15.1. The lowest BCUT2D eigenvalue weighted by Crippen LogP contribution is -2.42. The first-order valence-electron chi connectivity index (χ1n) is 6.95. The van der Waals surface area contributed by atoms with E-state index >= 15 is 0 Å². The fourth-order valence-corrected chi connectivity index (χ4v) is 3.08. The van der Waals surface area contributed by atoms with Gasteiger partial charge in [-0.2, -0.15) is 0 Å². The Labute approximate surface area is 124 Å². The topological polar surface area (TPSA) is 146 Å². The van der Waals surface area contributed by atoms with Crippen LogP contribution in [0, 0.1) is 0 Å². The van der Waals surface area contributed by atoms with Crippen LogP contribution in [0.3, 0.4) is 0 Å². The molecule has 4 atom stereocenters. The molecule has 1 saturated heterocycles. The number of aliphatic hydroxyl groups excluding tert-OH is 4. The average molecular weight is 310 g/mol. The van der Waals surface area contributed by atoms with Gasteiger partial charge < -0.3 is 30.4 Å². The van der Waals surface area contributed by atoms with E-state index in [0.717, 1.165) is 0 Å². The molecule has 3 rings (SSSR count). The minimum atomic E-state index is -1.15. The summed E-state index contributed by atoms with van der Waals surface area (Å²) in [5.74, 6) is 0. The Hall–Kier alpha value is -1.78. The molecule has 0 saturated carbocycles. The predicted octanol–water partition coefficient (Wildman–Crippen LogP) is -2.49. The second kappa shape index (κ2) is 5.78. The maximum absolute atomic E-state index is 11.7. The highest BCUT2D eigenvalue weighted by Gasteiger charge is 2.46. The standard InChI is InChI=1S/C13H18N4O5/c18-3-7-11(20)12(21)8(4-19)17(7)2-6-1-14-10-9(6)15-5-16-13(10)22/h1,5,7-8,11-12,14,18-21H,2-4H2,(H,15,16,22)/t7-,8-,11+,12+/m0/s1. The van der Waals surface area contributed by atoms with Gasteiger partial charge in [-0.15, -0.1) is 0 Å². The van der Waals surface area contributed by atoms with Gasteiger partial charge in [0.15, 0.2) is 0 Å². The van der Waals surface area contributed by atoms with E-state index in [1.54, 1.807) is 11.1 Å². The molecule has 1 fully saturated rings. The second-order valence-electron chi connectivity index (χ2n) is 5.42. The number of nitrogens with one attached hydrogen (secondary N) is 2. The fourth-order valence-electron chi connectivity index (χ4n) is 3.08. The molecule has 22 heavy (non-hydrogen) atoms. The number of fused-ring (bicyclic) bond motifs is 1. The maximum Gasteiger partial charge on any atom is 0.275 e. The van der Waals surface area contributed by atoms with E-state index in [-0.39, 0.29) is 25.3 Å². The van der Waals surface area contributed by atoms with E-state index in [4.69, 9.17) is 0 Å². The molecule has 2 aromatic heterocycles. The summed E-state index contributed by atoms with van der Waals surface area (Å²) in [7, 11) is 0. The summed E-state index contributed by atoms with van der Waals surface area (Å²) in [4.78, 5) is 22.7. The van der Waals surface area contributed by atoms with E-state index in [1.807, 2.05) is 0 Å². The number of aromatic amines is 2. The summed E-state index contributed by atoms with van der Waals surface area (Å²) in [6.07, 6.45) is 0.614. The Morgan fingerprint density at radius 3 is 2.36 bits per heavy atom. The van der Waals surface area contributed by atoms with Gasteiger partial charge in [-0.05, 0) is 0 Å².